The summed E-state index contributed by atoms with van der Waals surface area (Å²) in [5.74, 6) is 7.09. The molecule has 0 spiro atoms. The van der Waals surface area contributed by atoms with Crippen LogP contribution < -0.4 is 15.9 Å². The summed E-state index contributed by atoms with van der Waals surface area (Å²) in [6.07, 6.45) is 2.81. The summed E-state index contributed by atoms with van der Waals surface area (Å²) in [5.41, 5.74) is 1.28. The molecule has 1 aliphatic heterocycles. The van der Waals surface area contributed by atoms with Crippen LogP contribution in [0.25, 0.3) is 11.4 Å². The van der Waals surface area contributed by atoms with Crippen LogP contribution in [0.15, 0.2) is 58.6 Å². The lowest BCUT2D eigenvalue weighted by atomic mass is 10.2. The molecule has 0 unspecified atom stereocenters. The van der Waals surface area contributed by atoms with E-state index in [4.69, 9.17) is 10.6 Å². The van der Waals surface area contributed by atoms with Crippen LogP contribution in [0.2, 0.25) is 0 Å². The first-order valence-electron chi connectivity index (χ1n) is 10.8. The van der Waals surface area contributed by atoms with E-state index in [0.29, 0.717) is 29.8 Å². The molecule has 1 aliphatic rings. The fraction of sp³-hybridized carbons (Fsp3) is 0.318. The molecular weight excluding hydrogens is 476 g/mol. The third-order valence-electron chi connectivity index (χ3n) is 5.44. The van der Waals surface area contributed by atoms with Crippen molar-refractivity contribution in [1.29, 1.82) is 0 Å². The van der Waals surface area contributed by atoms with Crippen molar-refractivity contribution >= 4 is 33.4 Å². The van der Waals surface area contributed by atoms with Crippen LogP contribution >= 0.6 is 11.8 Å². The maximum atomic E-state index is 12.8. The van der Waals surface area contributed by atoms with E-state index < -0.39 is 10.0 Å². The summed E-state index contributed by atoms with van der Waals surface area (Å²) in [7, 11) is -1.92. The van der Waals surface area contributed by atoms with Crippen LogP contribution in [0.3, 0.4) is 0 Å². The summed E-state index contributed by atoms with van der Waals surface area (Å²) in [6, 6.07) is 13.5. The first-order chi connectivity index (χ1) is 16.4. The molecule has 1 fully saturated rings. The highest BCUT2D eigenvalue weighted by Crippen LogP contribution is 2.25. The highest BCUT2D eigenvalue weighted by Gasteiger charge is 2.25. The van der Waals surface area contributed by atoms with Gasteiger partial charge in [0.15, 0.2) is 5.82 Å². The van der Waals surface area contributed by atoms with E-state index in [9.17, 15) is 13.2 Å². The van der Waals surface area contributed by atoms with E-state index in [2.05, 4.69) is 15.5 Å². The van der Waals surface area contributed by atoms with Crippen molar-refractivity contribution in [2.24, 2.45) is 0 Å². The summed E-state index contributed by atoms with van der Waals surface area (Å²) in [6.45, 7) is 1.09. The fourth-order valence-corrected chi connectivity index (χ4v) is 5.78. The number of ether oxygens (including phenoxy) is 1. The number of nitrogens with zero attached hydrogens (tertiary/aromatic N) is 4. The Bertz CT molecular complexity index is 1240. The number of hydrogen-bond acceptors (Lipinski definition) is 8. The zero-order valence-electron chi connectivity index (χ0n) is 18.7. The zero-order valence-corrected chi connectivity index (χ0v) is 20.3. The fourth-order valence-electron chi connectivity index (χ4n) is 3.60. The van der Waals surface area contributed by atoms with E-state index in [1.807, 2.05) is 12.1 Å². The molecule has 0 radical (unpaired) electrons. The van der Waals surface area contributed by atoms with Gasteiger partial charge in [-0.2, -0.15) is 4.31 Å². The number of carbonyl (C=O) groups excluding carboxylic acids is 1. The highest BCUT2D eigenvalue weighted by molar-refractivity contribution is 7.99. The number of nitrogen functional groups attached to an aromatic ring is 1. The Labute approximate surface area is 202 Å². The molecule has 10 nitrogen and oxygen atoms in total. The number of nitrogens with one attached hydrogen (secondary N) is 1. The smallest absolute Gasteiger partial charge is 0.243 e. The van der Waals surface area contributed by atoms with Gasteiger partial charge in [0.2, 0.25) is 21.1 Å². The number of nitrogens with two attached hydrogens (primary N) is 1. The van der Waals surface area contributed by atoms with Crippen molar-refractivity contribution in [3.05, 3.63) is 48.5 Å². The molecule has 3 aromatic rings. The number of methoxy groups -OCH3 is 1. The minimum absolute atomic E-state index is 0.0613. The van der Waals surface area contributed by atoms with Gasteiger partial charge in [-0.1, -0.05) is 18.2 Å². The molecule has 2 aromatic carbocycles. The van der Waals surface area contributed by atoms with E-state index >= 15 is 0 Å². The highest BCUT2D eigenvalue weighted by atomic mass is 32.2. The van der Waals surface area contributed by atoms with Crippen LogP contribution in [0, 0.1) is 0 Å². The number of piperidine rings is 1. The number of aromatic nitrogens is 3. The largest absolute Gasteiger partial charge is 0.497 e. The zero-order chi connectivity index (χ0) is 24.1. The lowest BCUT2D eigenvalue weighted by molar-refractivity contribution is -0.113. The number of anilines is 1. The number of rotatable bonds is 8. The molecule has 0 aliphatic carbocycles. The van der Waals surface area contributed by atoms with Gasteiger partial charge >= 0.3 is 0 Å². The predicted octanol–water partition coefficient (Wildman–Crippen LogP) is 2.57. The molecule has 1 saturated heterocycles. The van der Waals surface area contributed by atoms with Gasteiger partial charge < -0.3 is 15.9 Å². The van der Waals surface area contributed by atoms with Gasteiger partial charge in [-0.25, -0.2) is 13.1 Å². The monoisotopic (exact) mass is 502 g/mol. The average molecular weight is 503 g/mol. The predicted molar refractivity (Wildman–Crippen MR) is 131 cm³/mol. The summed E-state index contributed by atoms with van der Waals surface area (Å²) in [5, 5.41) is 11.3. The second-order valence-electron chi connectivity index (χ2n) is 7.73. The van der Waals surface area contributed by atoms with Crippen LogP contribution in [0.1, 0.15) is 19.3 Å². The Morgan fingerprint density at radius 1 is 1.06 bits per heavy atom. The molecule has 0 bridgehead atoms. The molecule has 1 aromatic heterocycles. The van der Waals surface area contributed by atoms with Gasteiger partial charge in [0.25, 0.3) is 0 Å². The van der Waals surface area contributed by atoms with Crippen LogP contribution in [-0.4, -0.2) is 59.5 Å². The molecule has 4 rings (SSSR count). The van der Waals surface area contributed by atoms with Crippen LogP contribution in [0.4, 0.5) is 5.69 Å². The molecule has 12 heteroatoms. The summed E-state index contributed by atoms with van der Waals surface area (Å²) >= 11 is 1.15. The minimum atomic E-state index is -3.51. The van der Waals surface area contributed by atoms with Gasteiger partial charge in [0.05, 0.1) is 17.8 Å². The Hall–Kier alpha value is -3.09. The van der Waals surface area contributed by atoms with Crippen molar-refractivity contribution in [3.8, 4) is 17.1 Å². The Balaban J connectivity index is 1.34. The number of sulfonamides is 1. The van der Waals surface area contributed by atoms with E-state index in [0.717, 1.165) is 42.3 Å². The summed E-state index contributed by atoms with van der Waals surface area (Å²) < 4.78 is 33.5. The maximum Gasteiger partial charge on any atom is 0.243 e. The molecule has 0 atom stereocenters. The van der Waals surface area contributed by atoms with Gasteiger partial charge in [-0.05, 0) is 61.4 Å². The average Bonchev–Trinajstić information content (AvgIpc) is 3.23. The number of amides is 1. The van der Waals surface area contributed by atoms with Crippen molar-refractivity contribution in [2.45, 2.75) is 29.3 Å². The molecule has 3 N–H and O–H groups in total. The molecular formula is C22H26N6O4S2. The first kappa shape index (κ1) is 24.0. The number of hydrogen-bond donors (Lipinski definition) is 2. The standard InChI is InChI=1S/C22H26N6O4S2/c1-32-18-9-5-16(6-10-18)21-25-26-22(28(21)23)33-15-20(29)24-17-7-11-19(12-8-17)34(30,31)27-13-3-2-4-14-27/h5-12H,2-4,13-15,23H2,1H3,(H,24,29). The maximum absolute atomic E-state index is 12.8. The second kappa shape index (κ2) is 10.5. The molecule has 34 heavy (non-hydrogen) atoms. The molecule has 0 saturated carbocycles. The number of thioether (sulfide) groups is 1. The summed E-state index contributed by atoms with van der Waals surface area (Å²) in [4.78, 5) is 12.6. The molecule has 1 amide bonds. The van der Waals surface area contributed by atoms with Crippen LogP contribution in [0.5, 0.6) is 5.75 Å². The molecule has 180 valence electrons. The van der Waals surface area contributed by atoms with Crippen molar-refractivity contribution in [1.82, 2.24) is 19.2 Å². The quantitative estimate of drug-likeness (QED) is 0.355. The lowest BCUT2D eigenvalue weighted by Crippen LogP contribution is -2.35. The first-order valence-corrected chi connectivity index (χ1v) is 13.2. The Morgan fingerprint density at radius 3 is 2.38 bits per heavy atom. The van der Waals surface area contributed by atoms with Gasteiger partial charge in [-0.3, -0.25) is 4.79 Å². The third-order valence-corrected chi connectivity index (χ3v) is 8.29. The normalized spacial score (nSPS) is 14.6. The number of benzene rings is 2. The van der Waals surface area contributed by atoms with Gasteiger partial charge in [-0.15, -0.1) is 10.2 Å². The lowest BCUT2D eigenvalue weighted by Gasteiger charge is -2.25. The van der Waals surface area contributed by atoms with E-state index in [1.165, 1.54) is 21.1 Å². The number of carbonyl (C=O) groups is 1. The third kappa shape index (κ3) is 5.34. The van der Waals surface area contributed by atoms with Gasteiger partial charge in [0.1, 0.15) is 5.75 Å². The minimum Gasteiger partial charge on any atom is -0.497 e. The van der Waals surface area contributed by atoms with Crippen LogP contribution in [-0.2, 0) is 14.8 Å². The second-order valence-corrected chi connectivity index (χ2v) is 10.6. The van der Waals surface area contributed by atoms with Crippen molar-refractivity contribution in [2.75, 3.05) is 37.1 Å². The SMILES string of the molecule is COc1ccc(-c2nnc(SCC(=O)Nc3ccc(S(=O)(=O)N4CCCCC4)cc3)n2N)cc1. The molecule has 2 heterocycles. The van der Waals surface area contributed by atoms with E-state index in [1.54, 1.807) is 31.4 Å². The Morgan fingerprint density at radius 2 is 1.74 bits per heavy atom. The van der Waals surface area contributed by atoms with E-state index in [-0.39, 0.29) is 16.6 Å². The van der Waals surface area contributed by atoms with Gasteiger partial charge in [0, 0.05) is 24.3 Å². The van der Waals surface area contributed by atoms with Crippen molar-refractivity contribution < 1.29 is 17.9 Å². The topological polar surface area (TPSA) is 132 Å². The Kier molecular flexibility index (Phi) is 7.39. The van der Waals surface area contributed by atoms with Crippen molar-refractivity contribution in [3.63, 3.8) is 0 Å².